The molecule has 0 amide bonds. The topological polar surface area (TPSA) is 41.5 Å². The van der Waals surface area contributed by atoms with Crippen LogP contribution in [-0.4, -0.2) is 23.9 Å². The van der Waals surface area contributed by atoms with Gasteiger partial charge in [-0.1, -0.05) is 31.5 Å². The van der Waals surface area contributed by atoms with E-state index in [0.717, 1.165) is 24.4 Å². The quantitative estimate of drug-likeness (QED) is 0.783. The van der Waals surface area contributed by atoms with Crippen LogP contribution < -0.4 is 10.1 Å². The zero-order valence-electron chi connectivity index (χ0n) is 11.9. The van der Waals surface area contributed by atoms with Gasteiger partial charge in [-0.3, -0.25) is 0 Å². The molecule has 0 saturated heterocycles. The Hall–Kier alpha value is -1.06. The molecule has 102 valence electrons. The van der Waals surface area contributed by atoms with E-state index in [1.807, 2.05) is 19.1 Å². The number of aliphatic hydroxyl groups is 1. The molecule has 3 nitrogen and oxygen atoms in total. The SMILES string of the molecule is CCNCc1cc(C)ccc1OCC(C)(O)CC. The molecule has 1 atom stereocenters. The lowest BCUT2D eigenvalue weighted by atomic mass is 10.1. The standard InChI is InChI=1S/C15H25NO2/c1-5-15(4,17)11-18-14-8-7-12(3)9-13(14)10-16-6-2/h7-9,16-17H,5-6,10-11H2,1-4H3. The van der Waals surface area contributed by atoms with Gasteiger partial charge in [0.15, 0.2) is 0 Å². The van der Waals surface area contributed by atoms with Crippen LogP contribution in [0, 0.1) is 6.92 Å². The molecule has 0 heterocycles. The van der Waals surface area contributed by atoms with E-state index < -0.39 is 5.60 Å². The molecule has 0 spiro atoms. The van der Waals surface area contributed by atoms with Crippen molar-refractivity contribution in [3.8, 4) is 5.75 Å². The summed E-state index contributed by atoms with van der Waals surface area (Å²) in [5, 5.41) is 13.3. The first-order valence-electron chi connectivity index (χ1n) is 6.64. The predicted molar refractivity (Wildman–Crippen MR) is 75.0 cm³/mol. The number of benzene rings is 1. The second-order valence-corrected chi connectivity index (χ2v) is 5.03. The molecule has 18 heavy (non-hydrogen) atoms. The van der Waals surface area contributed by atoms with E-state index in [1.54, 1.807) is 6.92 Å². The van der Waals surface area contributed by atoms with Crippen LogP contribution in [0.2, 0.25) is 0 Å². The summed E-state index contributed by atoms with van der Waals surface area (Å²) in [5.41, 5.74) is 1.60. The number of aryl methyl sites for hydroxylation is 1. The van der Waals surface area contributed by atoms with E-state index in [1.165, 1.54) is 5.56 Å². The zero-order chi connectivity index (χ0) is 13.6. The second-order valence-electron chi connectivity index (χ2n) is 5.03. The van der Waals surface area contributed by atoms with Gasteiger partial charge < -0.3 is 15.2 Å². The maximum Gasteiger partial charge on any atom is 0.123 e. The summed E-state index contributed by atoms with van der Waals surface area (Å²) in [7, 11) is 0. The summed E-state index contributed by atoms with van der Waals surface area (Å²) < 4.78 is 5.75. The van der Waals surface area contributed by atoms with Gasteiger partial charge in [0, 0.05) is 12.1 Å². The van der Waals surface area contributed by atoms with Crippen molar-refractivity contribution in [2.24, 2.45) is 0 Å². The average molecular weight is 251 g/mol. The molecule has 1 unspecified atom stereocenters. The van der Waals surface area contributed by atoms with Gasteiger partial charge in [0.25, 0.3) is 0 Å². The van der Waals surface area contributed by atoms with Crippen molar-refractivity contribution < 1.29 is 9.84 Å². The lowest BCUT2D eigenvalue weighted by molar-refractivity contribution is 0.00816. The Kier molecular flexibility index (Phi) is 5.63. The largest absolute Gasteiger partial charge is 0.490 e. The predicted octanol–water partition coefficient (Wildman–Crippen LogP) is 2.64. The molecule has 1 rings (SSSR count). The summed E-state index contributed by atoms with van der Waals surface area (Å²) in [6, 6.07) is 6.14. The first kappa shape index (κ1) is 15.0. The van der Waals surface area contributed by atoms with Crippen LogP contribution in [0.3, 0.4) is 0 Å². The zero-order valence-corrected chi connectivity index (χ0v) is 11.9. The first-order chi connectivity index (χ1) is 8.48. The van der Waals surface area contributed by atoms with E-state index in [-0.39, 0.29) is 0 Å². The van der Waals surface area contributed by atoms with Crippen LogP contribution in [0.4, 0.5) is 0 Å². The molecule has 1 aromatic carbocycles. The Labute approximate surface area is 110 Å². The Morgan fingerprint density at radius 2 is 2.06 bits per heavy atom. The Balaban J connectivity index is 2.74. The molecule has 0 fully saturated rings. The number of nitrogens with one attached hydrogen (secondary N) is 1. The summed E-state index contributed by atoms with van der Waals surface area (Å²) in [5.74, 6) is 0.857. The molecular formula is C15H25NO2. The lowest BCUT2D eigenvalue weighted by Gasteiger charge is -2.22. The van der Waals surface area contributed by atoms with Crippen LogP contribution >= 0.6 is 0 Å². The maximum absolute atomic E-state index is 9.97. The van der Waals surface area contributed by atoms with E-state index in [2.05, 4.69) is 25.2 Å². The molecule has 3 heteroatoms. The van der Waals surface area contributed by atoms with E-state index in [9.17, 15) is 5.11 Å². The fourth-order valence-electron chi connectivity index (χ4n) is 1.58. The number of ether oxygens (including phenoxy) is 1. The summed E-state index contributed by atoms with van der Waals surface area (Å²) >= 11 is 0. The smallest absolute Gasteiger partial charge is 0.123 e. The Bertz CT molecular complexity index is 375. The molecule has 0 saturated carbocycles. The van der Waals surface area contributed by atoms with Crippen molar-refractivity contribution in [3.63, 3.8) is 0 Å². The molecule has 0 radical (unpaired) electrons. The van der Waals surface area contributed by atoms with E-state index in [4.69, 9.17) is 4.74 Å². The van der Waals surface area contributed by atoms with E-state index >= 15 is 0 Å². The van der Waals surface area contributed by atoms with Crippen molar-refractivity contribution in [1.82, 2.24) is 5.32 Å². The highest BCUT2D eigenvalue weighted by atomic mass is 16.5. The van der Waals surface area contributed by atoms with Gasteiger partial charge in [-0.2, -0.15) is 0 Å². The van der Waals surface area contributed by atoms with Crippen LogP contribution in [0.1, 0.15) is 38.3 Å². The second kappa shape index (κ2) is 6.76. The highest BCUT2D eigenvalue weighted by Crippen LogP contribution is 2.22. The van der Waals surface area contributed by atoms with Gasteiger partial charge in [0.05, 0.1) is 5.60 Å². The summed E-state index contributed by atoms with van der Waals surface area (Å²) in [4.78, 5) is 0. The van der Waals surface area contributed by atoms with Crippen molar-refractivity contribution in [2.45, 2.75) is 46.3 Å². The molecule has 0 aliphatic carbocycles. The molecular weight excluding hydrogens is 226 g/mol. The fraction of sp³-hybridized carbons (Fsp3) is 0.600. The third-order valence-electron chi connectivity index (χ3n) is 3.08. The third kappa shape index (κ3) is 4.67. The lowest BCUT2D eigenvalue weighted by Crippen LogP contribution is -2.31. The van der Waals surface area contributed by atoms with Gasteiger partial charge in [-0.15, -0.1) is 0 Å². The van der Waals surface area contributed by atoms with Crippen LogP contribution in [0.25, 0.3) is 0 Å². The summed E-state index contributed by atoms with van der Waals surface area (Å²) in [6.45, 7) is 9.95. The Morgan fingerprint density at radius 1 is 1.33 bits per heavy atom. The van der Waals surface area contributed by atoms with Crippen LogP contribution in [0.5, 0.6) is 5.75 Å². The molecule has 1 aromatic rings. The van der Waals surface area contributed by atoms with Gasteiger partial charge >= 0.3 is 0 Å². The maximum atomic E-state index is 9.97. The minimum atomic E-state index is -0.764. The van der Waals surface area contributed by atoms with Crippen molar-refractivity contribution >= 4 is 0 Å². The number of hydrogen-bond donors (Lipinski definition) is 2. The third-order valence-corrected chi connectivity index (χ3v) is 3.08. The monoisotopic (exact) mass is 251 g/mol. The normalized spacial score (nSPS) is 14.3. The molecule has 0 aliphatic heterocycles. The average Bonchev–Trinajstić information content (AvgIpc) is 2.35. The van der Waals surface area contributed by atoms with Crippen molar-refractivity contribution in [3.05, 3.63) is 29.3 Å². The first-order valence-corrected chi connectivity index (χ1v) is 6.64. The minimum Gasteiger partial charge on any atom is -0.490 e. The number of hydrogen-bond acceptors (Lipinski definition) is 3. The molecule has 2 N–H and O–H groups in total. The van der Waals surface area contributed by atoms with Gasteiger partial charge in [0.2, 0.25) is 0 Å². The number of rotatable bonds is 7. The van der Waals surface area contributed by atoms with Crippen LogP contribution in [0.15, 0.2) is 18.2 Å². The fourth-order valence-corrected chi connectivity index (χ4v) is 1.58. The molecule has 0 bridgehead atoms. The van der Waals surface area contributed by atoms with Crippen molar-refractivity contribution in [1.29, 1.82) is 0 Å². The highest BCUT2D eigenvalue weighted by Gasteiger charge is 2.19. The van der Waals surface area contributed by atoms with Crippen LogP contribution in [-0.2, 0) is 6.54 Å². The highest BCUT2D eigenvalue weighted by molar-refractivity contribution is 5.36. The molecule has 0 aromatic heterocycles. The molecule has 0 aliphatic rings. The summed E-state index contributed by atoms with van der Waals surface area (Å²) in [6.07, 6.45) is 0.682. The minimum absolute atomic E-state index is 0.325. The Morgan fingerprint density at radius 3 is 2.67 bits per heavy atom. The van der Waals surface area contributed by atoms with Crippen molar-refractivity contribution in [2.75, 3.05) is 13.2 Å². The van der Waals surface area contributed by atoms with Gasteiger partial charge in [0.1, 0.15) is 12.4 Å². The van der Waals surface area contributed by atoms with Gasteiger partial charge in [-0.25, -0.2) is 0 Å². The van der Waals surface area contributed by atoms with Gasteiger partial charge in [-0.05, 0) is 32.9 Å². The van der Waals surface area contributed by atoms with E-state index in [0.29, 0.717) is 13.0 Å².